The van der Waals surface area contributed by atoms with E-state index >= 15 is 0 Å². The molecule has 0 atom stereocenters. The Labute approximate surface area is 194 Å². The van der Waals surface area contributed by atoms with E-state index in [9.17, 15) is 14.7 Å². The Morgan fingerprint density at radius 3 is 2.64 bits per heavy atom. The van der Waals surface area contributed by atoms with Gasteiger partial charge in [-0.1, -0.05) is 6.07 Å². The minimum atomic E-state index is -0.0835. The third-order valence-electron chi connectivity index (χ3n) is 5.62. The number of carbonyl (C=O) groups excluding carboxylic acids is 2. The van der Waals surface area contributed by atoms with Crippen LogP contribution in [-0.4, -0.2) is 62.3 Å². The molecule has 2 N–H and O–H groups in total. The van der Waals surface area contributed by atoms with Crippen LogP contribution >= 0.6 is 0 Å². The van der Waals surface area contributed by atoms with Crippen LogP contribution in [0.15, 0.2) is 36.4 Å². The van der Waals surface area contributed by atoms with E-state index in [1.807, 2.05) is 36.4 Å². The van der Waals surface area contributed by atoms with Crippen molar-refractivity contribution in [3.8, 4) is 17.2 Å². The number of hydrogen-bond acceptors (Lipinski definition) is 6. The second kappa shape index (κ2) is 12.1. The minimum absolute atomic E-state index is 0.0127. The van der Waals surface area contributed by atoms with Gasteiger partial charge in [0, 0.05) is 31.6 Å². The van der Waals surface area contributed by atoms with E-state index in [4.69, 9.17) is 14.2 Å². The minimum Gasteiger partial charge on any atom is -0.494 e. The zero-order valence-corrected chi connectivity index (χ0v) is 19.3. The van der Waals surface area contributed by atoms with E-state index < -0.39 is 0 Å². The van der Waals surface area contributed by atoms with Gasteiger partial charge in [-0.15, -0.1) is 0 Å². The quantitative estimate of drug-likeness (QED) is 0.477. The molecule has 0 aliphatic carbocycles. The zero-order chi connectivity index (χ0) is 23.6. The normalized spacial score (nSPS) is 12.5. The molecule has 0 saturated carbocycles. The summed E-state index contributed by atoms with van der Waals surface area (Å²) in [6, 6.07) is 11.3. The van der Waals surface area contributed by atoms with Crippen molar-refractivity contribution < 1.29 is 28.9 Å². The first-order valence-corrected chi connectivity index (χ1v) is 11.2. The number of amides is 2. The Morgan fingerprint density at radius 1 is 1.06 bits per heavy atom. The highest BCUT2D eigenvalue weighted by atomic mass is 16.5. The third kappa shape index (κ3) is 6.86. The molecule has 0 aromatic heterocycles. The Hall–Kier alpha value is -3.26. The molecule has 3 rings (SSSR count). The maximum atomic E-state index is 12.7. The van der Waals surface area contributed by atoms with Gasteiger partial charge < -0.3 is 29.5 Å². The Morgan fingerprint density at radius 2 is 1.88 bits per heavy atom. The maximum absolute atomic E-state index is 12.7. The fraction of sp³-hybridized carbons (Fsp3) is 0.440. The summed E-state index contributed by atoms with van der Waals surface area (Å²) in [5.74, 6) is 2.07. The van der Waals surface area contributed by atoms with Crippen LogP contribution in [0.2, 0.25) is 0 Å². The molecule has 1 aliphatic heterocycles. The van der Waals surface area contributed by atoms with Crippen LogP contribution in [-0.2, 0) is 22.4 Å². The molecular formula is C25H32N2O6. The molecule has 0 unspecified atom stereocenters. The van der Waals surface area contributed by atoms with E-state index in [1.165, 1.54) is 0 Å². The molecular weight excluding hydrogens is 424 g/mol. The average molecular weight is 457 g/mol. The number of benzene rings is 2. The molecule has 8 heteroatoms. The number of ether oxygens (including phenoxy) is 3. The summed E-state index contributed by atoms with van der Waals surface area (Å²) in [5.41, 5.74) is 2.92. The number of methoxy groups -OCH3 is 2. The number of nitrogens with zero attached hydrogens (tertiary/aromatic N) is 1. The molecule has 2 aromatic carbocycles. The van der Waals surface area contributed by atoms with Gasteiger partial charge in [-0.3, -0.25) is 9.59 Å². The van der Waals surface area contributed by atoms with Gasteiger partial charge in [-0.05, 0) is 60.7 Å². The number of aliphatic hydroxyl groups is 1. The Balaban J connectivity index is 1.46. The highest BCUT2D eigenvalue weighted by Crippen LogP contribution is 2.28. The summed E-state index contributed by atoms with van der Waals surface area (Å²) >= 11 is 0. The molecule has 1 heterocycles. The fourth-order valence-corrected chi connectivity index (χ4v) is 3.80. The van der Waals surface area contributed by atoms with Crippen LogP contribution in [0.4, 0.5) is 5.69 Å². The van der Waals surface area contributed by atoms with Crippen LogP contribution in [0, 0.1) is 0 Å². The second-order valence-electron chi connectivity index (χ2n) is 7.86. The molecule has 0 bridgehead atoms. The number of fused-ring (bicyclic) bond motifs is 1. The topological polar surface area (TPSA) is 97.3 Å². The summed E-state index contributed by atoms with van der Waals surface area (Å²) in [6.07, 6.45) is 2.74. The molecule has 178 valence electrons. The van der Waals surface area contributed by atoms with E-state index in [2.05, 4.69) is 5.32 Å². The van der Waals surface area contributed by atoms with E-state index in [-0.39, 0.29) is 18.4 Å². The molecule has 0 saturated heterocycles. The number of rotatable bonds is 12. The number of nitrogens with one attached hydrogen (secondary N) is 1. The van der Waals surface area contributed by atoms with Gasteiger partial charge in [0.25, 0.3) is 0 Å². The lowest BCUT2D eigenvalue weighted by Crippen LogP contribution is -2.35. The van der Waals surface area contributed by atoms with Crippen LogP contribution in [0.5, 0.6) is 17.2 Å². The fourth-order valence-electron chi connectivity index (χ4n) is 3.80. The molecule has 0 spiro atoms. The summed E-state index contributed by atoms with van der Waals surface area (Å²) in [5, 5.41) is 12.2. The third-order valence-corrected chi connectivity index (χ3v) is 5.62. The predicted molar refractivity (Wildman–Crippen MR) is 125 cm³/mol. The standard InChI is InChI=1S/C25H32N2O6/c1-31-22-9-5-18(16-23(22)32-2)11-12-27(13-14-28)25(30)4-3-15-33-20-7-8-21-19(17-20)6-10-24(29)26-21/h5,7-9,16-17,28H,3-4,6,10-15H2,1-2H3,(H,26,29). The summed E-state index contributed by atoms with van der Waals surface area (Å²) < 4.78 is 16.4. The molecule has 0 radical (unpaired) electrons. The smallest absolute Gasteiger partial charge is 0.224 e. The summed E-state index contributed by atoms with van der Waals surface area (Å²) in [4.78, 5) is 25.8. The number of hydrogen-bond donors (Lipinski definition) is 2. The largest absolute Gasteiger partial charge is 0.494 e. The predicted octanol–water partition coefficient (Wildman–Crippen LogP) is 2.81. The van der Waals surface area contributed by atoms with Crippen molar-refractivity contribution in [2.45, 2.75) is 32.1 Å². The first kappa shape index (κ1) is 24.4. The van der Waals surface area contributed by atoms with Crippen LogP contribution < -0.4 is 19.5 Å². The van der Waals surface area contributed by atoms with Gasteiger partial charge in [-0.25, -0.2) is 0 Å². The molecule has 2 amide bonds. The maximum Gasteiger partial charge on any atom is 0.224 e. The van der Waals surface area contributed by atoms with Crippen LogP contribution in [0.3, 0.4) is 0 Å². The zero-order valence-electron chi connectivity index (χ0n) is 19.3. The van der Waals surface area contributed by atoms with Gasteiger partial charge in [0.05, 0.1) is 27.4 Å². The van der Waals surface area contributed by atoms with Crippen molar-refractivity contribution >= 4 is 17.5 Å². The van der Waals surface area contributed by atoms with Crippen molar-refractivity contribution in [1.82, 2.24) is 4.90 Å². The first-order chi connectivity index (χ1) is 16.0. The van der Waals surface area contributed by atoms with Gasteiger partial charge >= 0.3 is 0 Å². The molecule has 8 nitrogen and oxygen atoms in total. The molecule has 1 aliphatic rings. The number of carbonyl (C=O) groups is 2. The van der Waals surface area contributed by atoms with Gasteiger partial charge in [0.1, 0.15) is 5.75 Å². The summed E-state index contributed by atoms with van der Waals surface area (Å²) in [6.45, 7) is 1.13. The van der Waals surface area contributed by atoms with Crippen molar-refractivity contribution in [2.75, 3.05) is 45.8 Å². The molecule has 33 heavy (non-hydrogen) atoms. The monoisotopic (exact) mass is 456 g/mol. The molecule has 2 aromatic rings. The lowest BCUT2D eigenvalue weighted by atomic mass is 10.0. The van der Waals surface area contributed by atoms with Crippen molar-refractivity contribution in [2.24, 2.45) is 0 Å². The van der Waals surface area contributed by atoms with Crippen LogP contribution in [0.25, 0.3) is 0 Å². The van der Waals surface area contributed by atoms with E-state index in [0.717, 1.165) is 22.6 Å². The summed E-state index contributed by atoms with van der Waals surface area (Å²) in [7, 11) is 3.18. The SMILES string of the molecule is COc1ccc(CCN(CCO)C(=O)CCCOc2ccc3c(c2)CCC(=O)N3)cc1OC. The van der Waals surface area contributed by atoms with Gasteiger partial charge in [-0.2, -0.15) is 0 Å². The Kier molecular flexibility index (Phi) is 8.95. The Bertz CT molecular complexity index is 962. The van der Waals surface area contributed by atoms with E-state index in [0.29, 0.717) is 63.3 Å². The van der Waals surface area contributed by atoms with Gasteiger partial charge in [0.15, 0.2) is 11.5 Å². The molecule has 0 fully saturated rings. The average Bonchev–Trinajstić information content (AvgIpc) is 2.84. The second-order valence-corrected chi connectivity index (χ2v) is 7.86. The van der Waals surface area contributed by atoms with Crippen molar-refractivity contribution in [3.63, 3.8) is 0 Å². The van der Waals surface area contributed by atoms with Gasteiger partial charge in [0.2, 0.25) is 11.8 Å². The van der Waals surface area contributed by atoms with Crippen molar-refractivity contribution in [1.29, 1.82) is 0 Å². The lowest BCUT2D eigenvalue weighted by Gasteiger charge is -2.22. The highest BCUT2D eigenvalue weighted by Gasteiger charge is 2.16. The number of anilines is 1. The first-order valence-electron chi connectivity index (χ1n) is 11.2. The lowest BCUT2D eigenvalue weighted by molar-refractivity contribution is -0.132. The van der Waals surface area contributed by atoms with E-state index in [1.54, 1.807) is 19.1 Å². The number of aliphatic hydroxyl groups excluding tert-OH is 1. The van der Waals surface area contributed by atoms with Crippen molar-refractivity contribution in [3.05, 3.63) is 47.5 Å². The number of aryl methyl sites for hydroxylation is 1. The highest BCUT2D eigenvalue weighted by molar-refractivity contribution is 5.94. The van der Waals surface area contributed by atoms with Crippen LogP contribution in [0.1, 0.15) is 30.4 Å².